The number of aliphatic hydroxyl groups is 2. The number of rotatable bonds is 10. The SMILES string of the molecule is C=C1C(=CC=C2CCC[C@@]3(C)C2CC[C@@H]3[C@H](C)C(CCC(C)C)C(=O)OCCC(=O)O)C[C@@H](O)C[C@@H]1O. The van der Waals surface area contributed by atoms with Crippen LogP contribution in [0.4, 0.5) is 0 Å². The van der Waals surface area contributed by atoms with Crippen molar-refractivity contribution < 1.29 is 29.6 Å². The summed E-state index contributed by atoms with van der Waals surface area (Å²) in [5.41, 5.74) is 3.18. The number of allylic oxidation sites excluding steroid dienone is 3. The lowest BCUT2D eigenvalue weighted by atomic mass is 9.59. The molecule has 3 aliphatic rings. The van der Waals surface area contributed by atoms with Crippen LogP contribution in [0.15, 0.2) is 35.5 Å². The second kappa shape index (κ2) is 12.8. The third kappa shape index (κ3) is 7.14. The molecule has 0 aromatic rings. The van der Waals surface area contributed by atoms with Crippen molar-refractivity contribution in [2.45, 2.75) is 104 Å². The zero-order chi connectivity index (χ0) is 27.3. The Morgan fingerprint density at radius 1 is 1.16 bits per heavy atom. The van der Waals surface area contributed by atoms with Crippen LogP contribution < -0.4 is 0 Å². The third-order valence-electron chi connectivity index (χ3n) is 9.49. The Bertz CT molecular complexity index is 901. The number of carbonyl (C=O) groups is 2. The van der Waals surface area contributed by atoms with Crippen LogP contribution in [-0.4, -0.2) is 46.1 Å². The highest BCUT2D eigenvalue weighted by Crippen LogP contribution is 2.60. The smallest absolute Gasteiger partial charge is 0.309 e. The molecule has 0 saturated heterocycles. The molecular formula is C31H48O6. The summed E-state index contributed by atoms with van der Waals surface area (Å²) < 4.78 is 5.46. The summed E-state index contributed by atoms with van der Waals surface area (Å²) in [4.78, 5) is 24.1. The fourth-order valence-electron chi connectivity index (χ4n) is 7.34. The lowest BCUT2D eigenvalue weighted by Crippen LogP contribution is -2.40. The van der Waals surface area contributed by atoms with Gasteiger partial charge in [-0.05, 0) is 85.2 Å². The van der Waals surface area contributed by atoms with E-state index in [4.69, 9.17) is 9.84 Å². The van der Waals surface area contributed by atoms with E-state index in [1.807, 2.05) is 0 Å². The highest BCUT2D eigenvalue weighted by molar-refractivity contribution is 5.73. The molecule has 3 rings (SSSR count). The van der Waals surface area contributed by atoms with Crippen LogP contribution >= 0.6 is 0 Å². The van der Waals surface area contributed by atoms with Crippen molar-refractivity contribution in [1.29, 1.82) is 0 Å². The van der Waals surface area contributed by atoms with E-state index in [0.717, 1.165) is 50.5 Å². The van der Waals surface area contributed by atoms with E-state index < -0.39 is 18.2 Å². The zero-order valence-corrected chi connectivity index (χ0v) is 23.2. The number of ether oxygens (including phenoxy) is 1. The first-order chi connectivity index (χ1) is 17.4. The van der Waals surface area contributed by atoms with Crippen molar-refractivity contribution in [3.8, 4) is 0 Å². The monoisotopic (exact) mass is 516 g/mol. The van der Waals surface area contributed by atoms with Gasteiger partial charge in [0.2, 0.25) is 0 Å². The molecule has 0 amide bonds. The quantitative estimate of drug-likeness (QED) is 0.316. The molecule has 0 aromatic carbocycles. The van der Waals surface area contributed by atoms with E-state index in [0.29, 0.717) is 36.2 Å². The van der Waals surface area contributed by atoms with Crippen LogP contribution in [0.5, 0.6) is 0 Å². The molecule has 0 spiro atoms. The lowest BCUT2D eigenvalue weighted by molar-refractivity contribution is -0.154. The van der Waals surface area contributed by atoms with Gasteiger partial charge >= 0.3 is 11.9 Å². The summed E-state index contributed by atoms with van der Waals surface area (Å²) in [5, 5.41) is 29.3. The Morgan fingerprint density at radius 2 is 1.89 bits per heavy atom. The Labute approximate surface area is 222 Å². The predicted molar refractivity (Wildman–Crippen MR) is 145 cm³/mol. The van der Waals surface area contributed by atoms with Crippen LogP contribution in [0.3, 0.4) is 0 Å². The Morgan fingerprint density at radius 3 is 2.57 bits per heavy atom. The molecule has 0 bridgehead atoms. The van der Waals surface area contributed by atoms with Crippen LogP contribution in [-0.2, 0) is 14.3 Å². The van der Waals surface area contributed by atoms with Gasteiger partial charge in [0.15, 0.2) is 0 Å². The Kier molecular flexibility index (Phi) is 10.2. The highest BCUT2D eigenvalue weighted by atomic mass is 16.5. The van der Waals surface area contributed by atoms with Gasteiger partial charge in [-0.2, -0.15) is 0 Å². The largest absolute Gasteiger partial charge is 0.481 e. The molecule has 208 valence electrons. The van der Waals surface area contributed by atoms with Crippen LogP contribution in [0.25, 0.3) is 0 Å². The summed E-state index contributed by atoms with van der Waals surface area (Å²) >= 11 is 0. The van der Waals surface area contributed by atoms with Crippen molar-refractivity contribution in [1.82, 2.24) is 0 Å². The maximum Gasteiger partial charge on any atom is 0.309 e. The van der Waals surface area contributed by atoms with E-state index in [1.165, 1.54) is 5.57 Å². The van der Waals surface area contributed by atoms with Gasteiger partial charge in [0.1, 0.15) is 6.61 Å². The molecule has 7 atom stereocenters. The zero-order valence-electron chi connectivity index (χ0n) is 23.2. The molecule has 3 N–H and O–H groups in total. The second-order valence-corrected chi connectivity index (χ2v) is 12.4. The van der Waals surface area contributed by atoms with Crippen molar-refractivity contribution in [2.24, 2.45) is 35.0 Å². The Balaban J connectivity index is 1.78. The van der Waals surface area contributed by atoms with Crippen LogP contribution in [0, 0.1) is 35.0 Å². The normalized spacial score (nSPS) is 34.0. The van der Waals surface area contributed by atoms with Crippen LogP contribution in [0.2, 0.25) is 0 Å². The number of hydrogen-bond donors (Lipinski definition) is 3. The van der Waals surface area contributed by atoms with Crippen molar-refractivity contribution in [3.63, 3.8) is 0 Å². The van der Waals surface area contributed by atoms with E-state index in [-0.39, 0.29) is 36.2 Å². The maximum atomic E-state index is 13.1. The van der Waals surface area contributed by atoms with Crippen molar-refractivity contribution in [3.05, 3.63) is 35.5 Å². The molecule has 3 saturated carbocycles. The van der Waals surface area contributed by atoms with E-state index in [1.54, 1.807) is 0 Å². The first kappa shape index (κ1) is 29.6. The first-order valence-corrected chi connectivity index (χ1v) is 14.3. The van der Waals surface area contributed by atoms with Crippen molar-refractivity contribution >= 4 is 11.9 Å². The van der Waals surface area contributed by atoms with Crippen molar-refractivity contribution in [2.75, 3.05) is 6.61 Å². The number of hydrogen-bond acceptors (Lipinski definition) is 5. The molecule has 0 aromatic heterocycles. The molecule has 6 heteroatoms. The Hall–Kier alpha value is -1.92. The predicted octanol–water partition coefficient (Wildman–Crippen LogP) is 5.83. The standard InChI is InChI=1S/C31H48O6/c1-19(2)8-11-25(30(36)37-16-14-29(34)35)21(4)26-12-13-27-22(7-6-15-31(26,27)5)9-10-23-17-24(32)18-28(33)20(23)3/h9-10,19,21,24-28,32-33H,3,6-8,11-18H2,1-2,4-5H3,(H,34,35)/t21-,24-,25?,26-,27?,28+,31-/m1/s1. The van der Waals surface area contributed by atoms with E-state index in [2.05, 4.69) is 46.4 Å². The van der Waals surface area contributed by atoms with Gasteiger partial charge < -0.3 is 20.1 Å². The topological polar surface area (TPSA) is 104 Å². The number of fused-ring (bicyclic) bond motifs is 1. The van der Waals surface area contributed by atoms with Gasteiger partial charge in [-0.15, -0.1) is 0 Å². The average Bonchev–Trinajstić information content (AvgIpc) is 3.17. The number of aliphatic carboxylic acids is 1. The van der Waals surface area contributed by atoms with E-state index in [9.17, 15) is 19.8 Å². The summed E-state index contributed by atoms with van der Waals surface area (Å²) in [6.07, 6.45) is 11.0. The molecule has 0 radical (unpaired) electrons. The molecule has 6 nitrogen and oxygen atoms in total. The van der Waals surface area contributed by atoms with Crippen LogP contribution in [0.1, 0.15) is 91.9 Å². The molecule has 37 heavy (non-hydrogen) atoms. The number of carbonyl (C=O) groups excluding carboxylic acids is 1. The minimum Gasteiger partial charge on any atom is -0.481 e. The molecule has 0 aliphatic heterocycles. The minimum absolute atomic E-state index is 0.0696. The van der Waals surface area contributed by atoms with Gasteiger partial charge in [-0.25, -0.2) is 0 Å². The molecule has 3 aliphatic carbocycles. The maximum absolute atomic E-state index is 13.1. The second-order valence-electron chi connectivity index (χ2n) is 12.4. The molecule has 2 unspecified atom stereocenters. The summed E-state index contributed by atoms with van der Waals surface area (Å²) in [5.74, 6) is 0.0670. The van der Waals surface area contributed by atoms with Gasteiger partial charge in [0, 0.05) is 6.42 Å². The fraction of sp³-hybridized carbons (Fsp3) is 0.742. The number of carboxylic acids is 1. The highest BCUT2D eigenvalue weighted by Gasteiger charge is 2.52. The van der Waals surface area contributed by atoms with Gasteiger partial charge in [-0.1, -0.05) is 58.4 Å². The minimum atomic E-state index is -0.956. The summed E-state index contributed by atoms with van der Waals surface area (Å²) in [6, 6.07) is 0. The summed E-state index contributed by atoms with van der Waals surface area (Å²) in [6.45, 7) is 12.9. The molecular weight excluding hydrogens is 468 g/mol. The molecule has 3 fully saturated rings. The first-order valence-electron chi connectivity index (χ1n) is 14.3. The lowest BCUT2D eigenvalue weighted by Gasteiger charge is -2.45. The number of esters is 1. The third-order valence-corrected chi connectivity index (χ3v) is 9.49. The van der Waals surface area contributed by atoms with Gasteiger partial charge in [-0.3, -0.25) is 9.59 Å². The van der Waals surface area contributed by atoms with Gasteiger partial charge in [0.05, 0.1) is 24.5 Å². The molecule has 0 heterocycles. The average molecular weight is 517 g/mol. The number of aliphatic hydroxyl groups excluding tert-OH is 2. The van der Waals surface area contributed by atoms with Gasteiger partial charge in [0.25, 0.3) is 0 Å². The fourth-order valence-corrected chi connectivity index (χ4v) is 7.34. The summed E-state index contributed by atoms with van der Waals surface area (Å²) in [7, 11) is 0. The number of carboxylic acid groups (broad SMARTS) is 1. The van der Waals surface area contributed by atoms with E-state index >= 15 is 0 Å².